The highest BCUT2D eigenvalue weighted by atomic mass is 35.5. The van der Waals surface area contributed by atoms with E-state index in [4.69, 9.17) is 21.1 Å². The van der Waals surface area contributed by atoms with Gasteiger partial charge in [-0.25, -0.2) is 9.78 Å². The number of rotatable bonds is 1. The van der Waals surface area contributed by atoms with Crippen LogP contribution in [-0.2, 0) is 4.74 Å². The van der Waals surface area contributed by atoms with Crippen molar-refractivity contribution >= 4 is 17.7 Å². The molecule has 0 spiro atoms. The van der Waals surface area contributed by atoms with E-state index >= 15 is 0 Å². The highest BCUT2D eigenvalue weighted by Crippen LogP contribution is 2.35. The van der Waals surface area contributed by atoms with E-state index in [0.717, 1.165) is 5.56 Å². The van der Waals surface area contributed by atoms with Crippen molar-refractivity contribution < 1.29 is 14.3 Å². The predicted octanol–water partition coefficient (Wildman–Crippen LogP) is 3.04. The van der Waals surface area contributed by atoms with Gasteiger partial charge in [-0.1, -0.05) is 11.6 Å². The molecule has 6 heteroatoms. The van der Waals surface area contributed by atoms with Gasteiger partial charge in [-0.05, 0) is 32.9 Å². The SMILES string of the molecule is CN(C(=O)OC(C)(C)C)C1COc2nc(Cl)ccc21. The molecule has 5 nitrogen and oxygen atoms in total. The Kier molecular flexibility index (Phi) is 3.58. The molecule has 104 valence electrons. The van der Waals surface area contributed by atoms with Crippen LogP contribution in [0, 0.1) is 0 Å². The number of carbonyl (C=O) groups is 1. The lowest BCUT2D eigenvalue weighted by atomic mass is 10.1. The van der Waals surface area contributed by atoms with Gasteiger partial charge >= 0.3 is 6.09 Å². The topological polar surface area (TPSA) is 51.7 Å². The van der Waals surface area contributed by atoms with Gasteiger partial charge in [0.15, 0.2) is 0 Å². The molecular weight excluding hydrogens is 268 g/mol. The van der Waals surface area contributed by atoms with Crippen molar-refractivity contribution in [1.82, 2.24) is 9.88 Å². The lowest BCUT2D eigenvalue weighted by Gasteiger charge is -2.27. The molecule has 0 saturated heterocycles. The average molecular weight is 285 g/mol. The Hall–Kier alpha value is -1.49. The molecular formula is C13H17ClN2O3. The van der Waals surface area contributed by atoms with E-state index in [1.807, 2.05) is 26.8 Å². The van der Waals surface area contributed by atoms with Crippen LogP contribution in [0.2, 0.25) is 5.15 Å². The van der Waals surface area contributed by atoms with Crippen molar-refractivity contribution in [2.45, 2.75) is 32.4 Å². The number of pyridine rings is 1. The van der Waals surface area contributed by atoms with Crippen LogP contribution in [0.4, 0.5) is 4.79 Å². The van der Waals surface area contributed by atoms with Gasteiger partial charge < -0.3 is 14.4 Å². The first-order valence-electron chi connectivity index (χ1n) is 6.03. The molecule has 1 amide bonds. The van der Waals surface area contributed by atoms with Crippen LogP contribution in [0.3, 0.4) is 0 Å². The number of carbonyl (C=O) groups excluding carboxylic acids is 1. The second kappa shape index (κ2) is 4.89. The van der Waals surface area contributed by atoms with Gasteiger partial charge in [0, 0.05) is 12.6 Å². The third-order valence-corrected chi connectivity index (χ3v) is 2.95. The summed E-state index contributed by atoms with van der Waals surface area (Å²) < 4.78 is 10.8. The monoisotopic (exact) mass is 284 g/mol. The largest absolute Gasteiger partial charge is 0.475 e. The molecule has 1 aliphatic rings. The molecule has 0 aromatic carbocycles. The molecule has 0 aliphatic carbocycles. The number of nitrogens with zero attached hydrogens (tertiary/aromatic N) is 2. The standard InChI is InChI=1S/C13H17ClN2O3/c1-13(2,3)19-12(17)16(4)9-7-18-11-8(9)5-6-10(14)15-11/h5-6,9H,7H2,1-4H3. The molecule has 0 fully saturated rings. The van der Waals surface area contributed by atoms with Gasteiger partial charge in [-0.2, -0.15) is 0 Å². The lowest BCUT2D eigenvalue weighted by Crippen LogP contribution is -2.37. The molecule has 0 N–H and O–H groups in total. The number of amides is 1. The number of ether oxygens (including phenoxy) is 2. The quantitative estimate of drug-likeness (QED) is 0.744. The third-order valence-electron chi connectivity index (χ3n) is 2.74. The van der Waals surface area contributed by atoms with E-state index < -0.39 is 5.60 Å². The van der Waals surface area contributed by atoms with Crippen LogP contribution in [0.1, 0.15) is 32.4 Å². The van der Waals surface area contributed by atoms with Crippen LogP contribution in [0.5, 0.6) is 5.88 Å². The number of fused-ring (bicyclic) bond motifs is 1. The third kappa shape index (κ3) is 3.10. The van der Waals surface area contributed by atoms with Crippen molar-refractivity contribution in [3.05, 3.63) is 22.8 Å². The molecule has 2 rings (SSSR count). The molecule has 1 aromatic rings. The van der Waals surface area contributed by atoms with Crippen LogP contribution >= 0.6 is 11.6 Å². The highest BCUT2D eigenvalue weighted by Gasteiger charge is 2.33. The second-order valence-corrected chi connectivity index (χ2v) is 5.83. The zero-order valence-electron chi connectivity index (χ0n) is 11.4. The maximum absolute atomic E-state index is 12.0. The number of halogens is 1. The Balaban J connectivity index is 2.15. The molecule has 1 atom stereocenters. The summed E-state index contributed by atoms with van der Waals surface area (Å²) in [4.78, 5) is 17.6. The van der Waals surface area contributed by atoms with Gasteiger partial charge in [0.1, 0.15) is 17.4 Å². The summed E-state index contributed by atoms with van der Waals surface area (Å²) in [5.74, 6) is 0.480. The molecule has 19 heavy (non-hydrogen) atoms. The summed E-state index contributed by atoms with van der Waals surface area (Å²) in [6.45, 7) is 5.86. The highest BCUT2D eigenvalue weighted by molar-refractivity contribution is 6.29. The Morgan fingerprint density at radius 1 is 1.53 bits per heavy atom. The van der Waals surface area contributed by atoms with E-state index in [2.05, 4.69) is 4.98 Å². The van der Waals surface area contributed by atoms with Crippen molar-refractivity contribution in [1.29, 1.82) is 0 Å². The fourth-order valence-electron chi connectivity index (χ4n) is 1.83. The fraction of sp³-hybridized carbons (Fsp3) is 0.538. The smallest absolute Gasteiger partial charge is 0.410 e. The molecule has 0 bridgehead atoms. The van der Waals surface area contributed by atoms with Gasteiger partial charge in [0.2, 0.25) is 5.88 Å². The minimum Gasteiger partial charge on any atom is -0.475 e. The number of likely N-dealkylation sites (N-methyl/N-ethyl adjacent to an activating group) is 1. The maximum atomic E-state index is 12.0. The molecule has 0 radical (unpaired) electrons. The first-order chi connectivity index (χ1) is 8.78. The minimum atomic E-state index is -0.522. The van der Waals surface area contributed by atoms with Gasteiger partial charge in [-0.15, -0.1) is 0 Å². The summed E-state index contributed by atoms with van der Waals surface area (Å²) in [5, 5.41) is 0.374. The minimum absolute atomic E-state index is 0.199. The van der Waals surface area contributed by atoms with Crippen molar-refractivity contribution in [3.8, 4) is 5.88 Å². The number of hydrogen-bond donors (Lipinski definition) is 0. The average Bonchev–Trinajstić information content (AvgIpc) is 2.68. The Morgan fingerprint density at radius 2 is 2.21 bits per heavy atom. The molecule has 1 aliphatic heterocycles. The van der Waals surface area contributed by atoms with Gasteiger partial charge in [0.05, 0.1) is 6.04 Å². The van der Waals surface area contributed by atoms with Crippen LogP contribution in [0.25, 0.3) is 0 Å². The molecule has 1 unspecified atom stereocenters. The first-order valence-corrected chi connectivity index (χ1v) is 6.41. The molecule has 0 saturated carbocycles. The first kappa shape index (κ1) is 13.9. The van der Waals surface area contributed by atoms with Crippen molar-refractivity contribution in [2.75, 3.05) is 13.7 Å². The molecule has 1 aromatic heterocycles. The molecule has 2 heterocycles. The summed E-state index contributed by atoms with van der Waals surface area (Å²) >= 11 is 5.80. The van der Waals surface area contributed by atoms with E-state index in [0.29, 0.717) is 17.6 Å². The Labute approximate surface area is 117 Å². The zero-order valence-corrected chi connectivity index (χ0v) is 12.2. The summed E-state index contributed by atoms with van der Waals surface area (Å²) in [5.41, 5.74) is 0.323. The second-order valence-electron chi connectivity index (χ2n) is 5.45. The normalized spacial score (nSPS) is 17.6. The number of hydrogen-bond acceptors (Lipinski definition) is 4. The lowest BCUT2D eigenvalue weighted by molar-refractivity contribution is 0.0201. The van der Waals surface area contributed by atoms with Gasteiger partial charge in [-0.3, -0.25) is 0 Å². The fourth-order valence-corrected chi connectivity index (χ4v) is 1.97. The Morgan fingerprint density at radius 3 is 2.84 bits per heavy atom. The van der Waals surface area contributed by atoms with Crippen LogP contribution in [-0.4, -0.2) is 35.2 Å². The number of aromatic nitrogens is 1. The van der Waals surface area contributed by atoms with Crippen LogP contribution < -0.4 is 4.74 Å². The summed E-state index contributed by atoms with van der Waals surface area (Å²) in [7, 11) is 1.69. The summed E-state index contributed by atoms with van der Waals surface area (Å²) in [6, 6.07) is 3.31. The van der Waals surface area contributed by atoms with Crippen molar-refractivity contribution in [3.63, 3.8) is 0 Å². The van der Waals surface area contributed by atoms with Crippen molar-refractivity contribution in [2.24, 2.45) is 0 Å². The van der Waals surface area contributed by atoms with E-state index in [1.54, 1.807) is 13.1 Å². The maximum Gasteiger partial charge on any atom is 0.410 e. The van der Waals surface area contributed by atoms with Crippen LogP contribution in [0.15, 0.2) is 12.1 Å². The summed E-state index contributed by atoms with van der Waals surface area (Å²) in [6.07, 6.45) is -0.385. The van der Waals surface area contributed by atoms with E-state index in [1.165, 1.54) is 4.90 Å². The predicted molar refractivity (Wildman–Crippen MR) is 71.5 cm³/mol. The van der Waals surface area contributed by atoms with E-state index in [9.17, 15) is 4.79 Å². The van der Waals surface area contributed by atoms with E-state index in [-0.39, 0.29) is 12.1 Å². The van der Waals surface area contributed by atoms with Gasteiger partial charge in [0.25, 0.3) is 0 Å². The zero-order chi connectivity index (χ0) is 14.2. The Bertz CT molecular complexity index is 499.